The van der Waals surface area contributed by atoms with Gasteiger partial charge in [-0.15, -0.1) is 0 Å². The minimum absolute atomic E-state index is 0.225. The first kappa shape index (κ1) is 12.8. The summed E-state index contributed by atoms with van der Waals surface area (Å²) in [5.74, 6) is 1.72. The first-order chi connectivity index (χ1) is 9.20. The smallest absolute Gasteiger partial charge is 0.161 e. The molecule has 2 aliphatic rings. The van der Waals surface area contributed by atoms with Crippen LogP contribution in [-0.2, 0) is 0 Å². The van der Waals surface area contributed by atoms with E-state index >= 15 is 0 Å². The number of nitrogens with two attached hydrogens (primary N) is 1. The van der Waals surface area contributed by atoms with Crippen molar-refractivity contribution >= 4 is 0 Å². The first-order valence-corrected chi connectivity index (χ1v) is 6.98. The van der Waals surface area contributed by atoms with Crippen molar-refractivity contribution in [2.75, 3.05) is 26.8 Å². The SMILES string of the molecule is CNC(c1cc2c(cc1C)OCCO2)C1(CN)CC1. The fourth-order valence-corrected chi connectivity index (χ4v) is 3.08. The Kier molecular flexibility index (Phi) is 3.15. The maximum atomic E-state index is 5.97. The molecule has 3 N–H and O–H groups in total. The number of hydrogen-bond donors (Lipinski definition) is 2. The summed E-state index contributed by atoms with van der Waals surface area (Å²) < 4.78 is 11.3. The molecule has 1 aliphatic carbocycles. The Morgan fingerprint density at radius 2 is 1.89 bits per heavy atom. The Hall–Kier alpha value is -1.26. The van der Waals surface area contributed by atoms with Gasteiger partial charge in [-0.1, -0.05) is 0 Å². The van der Waals surface area contributed by atoms with Gasteiger partial charge in [0.05, 0.1) is 0 Å². The molecular weight excluding hydrogens is 240 g/mol. The average Bonchev–Trinajstić information content (AvgIpc) is 3.21. The lowest BCUT2D eigenvalue weighted by Crippen LogP contribution is -2.32. The predicted molar refractivity (Wildman–Crippen MR) is 74.7 cm³/mol. The van der Waals surface area contributed by atoms with Crippen molar-refractivity contribution in [1.29, 1.82) is 0 Å². The van der Waals surface area contributed by atoms with Crippen molar-refractivity contribution in [1.82, 2.24) is 5.32 Å². The summed E-state index contributed by atoms with van der Waals surface area (Å²) >= 11 is 0. The summed E-state index contributed by atoms with van der Waals surface area (Å²) in [4.78, 5) is 0. The predicted octanol–water partition coefficient (Wildman–Crippen LogP) is 1.77. The van der Waals surface area contributed by atoms with Crippen LogP contribution in [0, 0.1) is 12.3 Å². The van der Waals surface area contributed by atoms with Gasteiger partial charge in [0.2, 0.25) is 0 Å². The molecule has 1 atom stereocenters. The molecule has 4 nitrogen and oxygen atoms in total. The lowest BCUT2D eigenvalue weighted by molar-refractivity contribution is 0.171. The molecular formula is C15H22N2O2. The highest BCUT2D eigenvalue weighted by Crippen LogP contribution is 2.55. The normalized spacial score (nSPS) is 21.0. The fourth-order valence-electron chi connectivity index (χ4n) is 3.08. The zero-order valence-electron chi connectivity index (χ0n) is 11.7. The van der Waals surface area contributed by atoms with Crippen molar-refractivity contribution in [3.8, 4) is 11.5 Å². The second-order valence-electron chi connectivity index (χ2n) is 5.64. The van der Waals surface area contributed by atoms with Gasteiger partial charge in [-0.05, 0) is 56.6 Å². The molecule has 0 bridgehead atoms. The van der Waals surface area contributed by atoms with Gasteiger partial charge in [0.1, 0.15) is 13.2 Å². The molecule has 1 fully saturated rings. The molecule has 0 radical (unpaired) electrons. The Balaban J connectivity index is 1.99. The number of aryl methyl sites for hydroxylation is 1. The van der Waals surface area contributed by atoms with E-state index in [0.29, 0.717) is 19.3 Å². The van der Waals surface area contributed by atoms with Crippen LogP contribution < -0.4 is 20.5 Å². The van der Waals surface area contributed by atoms with Crippen molar-refractivity contribution in [2.24, 2.45) is 11.1 Å². The Morgan fingerprint density at radius 3 is 2.42 bits per heavy atom. The molecule has 1 aromatic carbocycles. The topological polar surface area (TPSA) is 56.5 Å². The standard InChI is InChI=1S/C15H22N2O2/c1-10-7-12-13(19-6-5-18-12)8-11(10)14(17-2)15(9-16)3-4-15/h7-8,14,17H,3-6,9,16H2,1-2H3. The second-order valence-corrected chi connectivity index (χ2v) is 5.64. The Labute approximate surface area is 114 Å². The van der Waals surface area contributed by atoms with E-state index in [-0.39, 0.29) is 5.41 Å². The largest absolute Gasteiger partial charge is 0.486 e. The summed E-state index contributed by atoms with van der Waals surface area (Å²) in [5, 5.41) is 3.44. The summed E-state index contributed by atoms with van der Waals surface area (Å²) in [6.07, 6.45) is 2.39. The molecule has 104 valence electrons. The highest BCUT2D eigenvalue weighted by Gasteiger charge is 2.48. The molecule has 0 aromatic heterocycles. The zero-order chi connectivity index (χ0) is 13.5. The summed E-state index contributed by atoms with van der Waals surface area (Å²) in [6.45, 7) is 4.12. The third-order valence-electron chi connectivity index (χ3n) is 4.44. The Morgan fingerprint density at radius 1 is 1.26 bits per heavy atom. The first-order valence-electron chi connectivity index (χ1n) is 6.98. The number of hydrogen-bond acceptors (Lipinski definition) is 4. The maximum Gasteiger partial charge on any atom is 0.161 e. The van der Waals surface area contributed by atoms with Gasteiger partial charge in [0.25, 0.3) is 0 Å². The van der Waals surface area contributed by atoms with Gasteiger partial charge < -0.3 is 20.5 Å². The molecule has 1 aliphatic heterocycles. The minimum atomic E-state index is 0.225. The lowest BCUT2D eigenvalue weighted by Gasteiger charge is -2.29. The molecule has 1 heterocycles. The third kappa shape index (κ3) is 2.09. The molecule has 1 unspecified atom stereocenters. The van der Waals surface area contributed by atoms with Crippen molar-refractivity contribution < 1.29 is 9.47 Å². The fraction of sp³-hybridized carbons (Fsp3) is 0.600. The van der Waals surface area contributed by atoms with Gasteiger partial charge >= 0.3 is 0 Å². The van der Waals surface area contributed by atoms with Crippen LogP contribution in [0.2, 0.25) is 0 Å². The molecule has 1 aromatic rings. The van der Waals surface area contributed by atoms with E-state index in [1.807, 2.05) is 7.05 Å². The molecule has 0 amide bonds. The highest BCUT2D eigenvalue weighted by atomic mass is 16.6. The lowest BCUT2D eigenvalue weighted by atomic mass is 9.87. The summed E-state index contributed by atoms with van der Waals surface area (Å²) in [6, 6.07) is 4.51. The van der Waals surface area contributed by atoms with E-state index < -0.39 is 0 Å². The average molecular weight is 262 g/mol. The number of benzene rings is 1. The summed E-state index contributed by atoms with van der Waals surface area (Å²) in [7, 11) is 2.01. The van der Waals surface area contributed by atoms with Gasteiger partial charge in [0, 0.05) is 11.5 Å². The quantitative estimate of drug-likeness (QED) is 0.868. The minimum Gasteiger partial charge on any atom is -0.486 e. The molecule has 0 saturated heterocycles. The van der Waals surface area contributed by atoms with Crippen LogP contribution in [0.1, 0.15) is 30.0 Å². The summed E-state index contributed by atoms with van der Waals surface area (Å²) in [5.41, 5.74) is 8.73. The van der Waals surface area contributed by atoms with Crippen molar-refractivity contribution in [3.63, 3.8) is 0 Å². The van der Waals surface area contributed by atoms with Crippen LogP contribution in [-0.4, -0.2) is 26.8 Å². The van der Waals surface area contributed by atoms with E-state index in [2.05, 4.69) is 24.4 Å². The van der Waals surface area contributed by atoms with Crippen LogP contribution in [0.5, 0.6) is 11.5 Å². The van der Waals surface area contributed by atoms with Crippen LogP contribution in [0.15, 0.2) is 12.1 Å². The molecule has 3 rings (SSSR count). The molecule has 4 heteroatoms. The van der Waals surface area contributed by atoms with E-state index in [9.17, 15) is 0 Å². The van der Waals surface area contributed by atoms with Gasteiger partial charge in [-0.2, -0.15) is 0 Å². The number of ether oxygens (including phenoxy) is 2. The molecule has 19 heavy (non-hydrogen) atoms. The van der Waals surface area contributed by atoms with Crippen LogP contribution in [0.25, 0.3) is 0 Å². The zero-order valence-corrected chi connectivity index (χ0v) is 11.7. The molecule has 1 saturated carbocycles. The second kappa shape index (κ2) is 4.69. The molecule has 0 spiro atoms. The van der Waals surface area contributed by atoms with Crippen LogP contribution >= 0.6 is 0 Å². The van der Waals surface area contributed by atoms with Gasteiger partial charge in [-0.25, -0.2) is 0 Å². The highest BCUT2D eigenvalue weighted by molar-refractivity contribution is 5.49. The van der Waals surface area contributed by atoms with Crippen LogP contribution in [0.3, 0.4) is 0 Å². The maximum absolute atomic E-state index is 5.97. The van der Waals surface area contributed by atoms with Crippen molar-refractivity contribution in [3.05, 3.63) is 23.3 Å². The van der Waals surface area contributed by atoms with Crippen molar-refractivity contribution in [2.45, 2.75) is 25.8 Å². The van der Waals surface area contributed by atoms with Gasteiger partial charge in [-0.3, -0.25) is 0 Å². The van der Waals surface area contributed by atoms with Crippen LogP contribution in [0.4, 0.5) is 0 Å². The van der Waals surface area contributed by atoms with Gasteiger partial charge in [0.15, 0.2) is 11.5 Å². The van der Waals surface area contributed by atoms with E-state index in [0.717, 1.165) is 18.0 Å². The van der Waals surface area contributed by atoms with E-state index in [1.165, 1.54) is 24.0 Å². The Bertz CT molecular complexity index is 483. The number of rotatable bonds is 4. The number of nitrogens with one attached hydrogen (secondary N) is 1. The third-order valence-corrected chi connectivity index (χ3v) is 4.44. The van der Waals surface area contributed by atoms with E-state index in [4.69, 9.17) is 15.2 Å². The van der Waals surface area contributed by atoms with E-state index in [1.54, 1.807) is 0 Å². The number of fused-ring (bicyclic) bond motifs is 1. The monoisotopic (exact) mass is 262 g/mol.